The minimum atomic E-state index is -2.90. The molecule has 11 rings (SSSR count). The second-order valence-electron chi connectivity index (χ2n) is 37.9. The van der Waals surface area contributed by atoms with Gasteiger partial charge < -0.3 is 300 Å². The lowest BCUT2D eigenvalue weighted by Gasteiger charge is -2.52. The standard InChI is InChI=1S/C84H142N6O60/c1-20-44(107)57(120)62(125)79(132-20)129-17-28(106)66(45(108)27(8-91)85-21(2)100)143-77-42(89-25(6)104)55(118)69(36(16-99)139-77)146-82-65(128)71(148-84-73(60(123)50(113)33(13-96)137-84)150-76-40(87-23(4)102)53(116)47(110)30(10-93)134-76)70(147-75-39(86-22(3)101)52(115)46(109)29(9-92)133-75)38(142-82)19-131-83-72(149-78-43(90-26(7)105)56(119)68(35(15-98)140-78)145-81-64(127)59(122)49(112)32(12-95)136-81)61(124)51(114)37(141-83)18-130-74-41(88-24(5)103)54(117)67(34(14-97)138-74)144-80-63(126)58(121)48(111)31(11-94)135-80/h20,27-84,91-99,106-128H,8-19H2,1-7H3,(H,85,100)(H,86,101)(H,87,102)(H,88,103)(H,89,104)(H,90,105)/t20-,27-,28+,29+,30+,31+,32+,33+,34+,35+,36+,37+,38+,39+,40+,41+,42+,43+,44+,45+,46+,47+,48-,49-,50+,51+,52+,53+,54+,55+,56+,57+,58-,59-,60-,61-,62-,63+,64+,65-,66+,67+,68+,69+,70+,71+,72-,73-,74?,75?,76?,77?,78?,79?,80?,81?,82?,83?,84?/m0/s1. The molecule has 0 saturated carbocycles. The zero-order chi connectivity index (χ0) is 111. The van der Waals surface area contributed by atoms with Crippen LogP contribution in [0.5, 0.6) is 0 Å². The molecule has 0 radical (unpaired) electrons. The molecule has 11 fully saturated rings. The van der Waals surface area contributed by atoms with Gasteiger partial charge >= 0.3 is 0 Å². The molecule has 150 heavy (non-hydrogen) atoms. The van der Waals surface area contributed by atoms with Gasteiger partial charge in [0.15, 0.2) is 69.2 Å². The molecule has 11 aliphatic rings. The van der Waals surface area contributed by atoms with Gasteiger partial charge in [0, 0.05) is 41.5 Å². The number of carbonyl (C=O) groups is 6. The molecule has 11 aliphatic heterocycles. The summed E-state index contributed by atoms with van der Waals surface area (Å²) >= 11 is 0. The van der Waals surface area contributed by atoms with Crippen molar-refractivity contribution in [2.45, 2.75) is 410 Å². The van der Waals surface area contributed by atoms with Crippen molar-refractivity contribution in [3.8, 4) is 0 Å². The minimum absolute atomic E-state index is 0.834. The number of amides is 6. The number of ether oxygens (including phenoxy) is 22. The van der Waals surface area contributed by atoms with Gasteiger partial charge in [-0.1, -0.05) is 0 Å². The van der Waals surface area contributed by atoms with Crippen molar-refractivity contribution in [3.63, 3.8) is 0 Å². The Morgan fingerprint density at radius 3 is 0.940 bits per heavy atom. The Bertz CT molecular complexity index is 4190. The molecule has 0 aromatic carbocycles. The predicted octanol–water partition coefficient (Wildman–Crippen LogP) is -25.6. The zero-order valence-corrected chi connectivity index (χ0v) is 81.3. The molecule has 11 saturated heterocycles. The molecule has 66 heteroatoms. The molecule has 6 amide bonds. The third-order valence-corrected chi connectivity index (χ3v) is 27.1. The van der Waals surface area contributed by atoms with Crippen LogP contribution < -0.4 is 31.9 Å². The highest BCUT2D eigenvalue weighted by Gasteiger charge is 2.64. The van der Waals surface area contributed by atoms with Crippen LogP contribution in [0.15, 0.2) is 0 Å². The lowest BCUT2D eigenvalue weighted by molar-refractivity contribution is -0.407. The highest BCUT2D eigenvalue weighted by Crippen LogP contribution is 2.43. The van der Waals surface area contributed by atoms with E-state index < -0.39 is 477 Å². The van der Waals surface area contributed by atoms with Crippen LogP contribution >= 0.6 is 0 Å². The van der Waals surface area contributed by atoms with Gasteiger partial charge in [-0.2, -0.15) is 0 Å². The Hall–Kier alpha value is -5.34. The van der Waals surface area contributed by atoms with Gasteiger partial charge in [0.05, 0.1) is 91.4 Å². The summed E-state index contributed by atoms with van der Waals surface area (Å²) in [5.74, 6) is -6.17. The van der Waals surface area contributed by atoms with Crippen LogP contribution in [0.1, 0.15) is 48.5 Å². The summed E-state index contributed by atoms with van der Waals surface area (Å²) in [5, 5.41) is 378. The fourth-order valence-corrected chi connectivity index (χ4v) is 19.1. The molecule has 868 valence electrons. The summed E-state index contributed by atoms with van der Waals surface area (Å²) in [6.45, 7) is -8.20. The highest BCUT2D eigenvalue weighted by molar-refractivity contribution is 5.75. The third-order valence-electron chi connectivity index (χ3n) is 27.1. The van der Waals surface area contributed by atoms with Crippen LogP contribution in [0, 0.1) is 0 Å². The maximum absolute atomic E-state index is 13.6. The SMILES string of the molecule is CC(=O)N[C@@H](CO)[C@@H](O)[C@H](OC1O[C@H](CO)[C@@H](OC2O[C@H](COC3O[C@H](COC4O[C@H](CO)[C@@H](OC5O[C@H](CO)[C@H](O)[C@H](O)[C@H]5O)[C@H](O)[C@H]4NC(C)=O)[C@@H](O)[C@H](O)[C@@H]3OC3O[C@H](CO)[C@@H](OC4O[C@H](CO)[C@H](O)[C@H](O)[C@H]4O)[C@H](O)[C@H]3NC(C)=O)[C@@H](OC3O[C@H](CO)[C@@H](O)[C@H](O)[C@H]3NC(C)=O)[C@H](OC3O[C@H](CO)[C@@H](O)[C@H](O)[C@@H]3OC3O[C@H](CO)[C@@H](O)[C@H](O)[C@H]3NC(C)=O)[C@@H]2O)[C@H](O)[C@H]1NC(C)=O)[C@H](O)COC1O[C@@H](C)[C@@H](O)[C@@H](O)[C@@H]1O. The van der Waals surface area contributed by atoms with E-state index >= 15 is 0 Å². The van der Waals surface area contributed by atoms with Gasteiger partial charge in [0.1, 0.15) is 280 Å². The van der Waals surface area contributed by atoms with Crippen molar-refractivity contribution in [3.05, 3.63) is 0 Å². The zero-order valence-electron chi connectivity index (χ0n) is 81.3. The summed E-state index contributed by atoms with van der Waals surface area (Å²) in [5.41, 5.74) is 0. The number of aliphatic hydroxyl groups is 32. The van der Waals surface area contributed by atoms with Gasteiger partial charge in [-0.25, -0.2) is 0 Å². The van der Waals surface area contributed by atoms with E-state index in [-0.39, 0.29) is 0 Å². The average molecular weight is 2200 g/mol. The monoisotopic (exact) mass is 2190 g/mol. The van der Waals surface area contributed by atoms with Crippen molar-refractivity contribution in [2.75, 3.05) is 79.3 Å². The van der Waals surface area contributed by atoms with E-state index in [1.54, 1.807) is 0 Å². The predicted molar refractivity (Wildman–Crippen MR) is 465 cm³/mol. The molecule has 0 aromatic rings. The fourth-order valence-electron chi connectivity index (χ4n) is 19.1. The molecule has 0 aliphatic carbocycles. The first kappa shape index (κ1) is 125. The van der Waals surface area contributed by atoms with E-state index in [9.17, 15) is 192 Å². The molecule has 38 N–H and O–H groups in total. The summed E-state index contributed by atoms with van der Waals surface area (Å²) in [6.07, 6.45) is -119. The second kappa shape index (κ2) is 55.4. The Kier molecular flexibility index (Phi) is 46.1. The maximum atomic E-state index is 13.6. The van der Waals surface area contributed by atoms with E-state index in [0.29, 0.717) is 0 Å². The normalized spacial score (nSPS) is 46.5. The Morgan fingerprint density at radius 1 is 0.247 bits per heavy atom. The van der Waals surface area contributed by atoms with Gasteiger partial charge in [0.25, 0.3) is 0 Å². The molecule has 11 heterocycles. The van der Waals surface area contributed by atoms with E-state index in [0.717, 1.165) is 41.5 Å². The summed E-state index contributed by atoms with van der Waals surface area (Å²) in [7, 11) is 0. The van der Waals surface area contributed by atoms with E-state index in [2.05, 4.69) is 31.9 Å². The van der Waals surface area contributed by atoms with Crippen LogP contribution in [-0.2, 0) is 133 Å². The lowest BCUT2D eigenvalue weighted by Crippen LogP contribution is -2.71. The number of nitrogens with one attached hydrogen (secondary N) is 6. The van der Waals surface area contributed by atoms with Crippen molar-refractivity contribution < 1.29 is 296 Å². The van der Waals surface area contributed by atoms with Crippen molar-refractivity contribution >= 4 is 35.4 Å². The largest absolute Gasteiger partial charge is 0.394 e. The van der Waals surface area contributed by atoms with Gasteiger partial charge in [-0.05, 0) is 6.92 Å². The first-order valence-electron chi connectivity index (χ1n) is 47.9. The molecule has 0 spiro atoms. The molecule has 66 nitrogen and oxygen atoms in total. The van der Waals surface area contributed by atoms with Crippen LogP contribution in [0.4, 0.5) is 0 Å². The van der Waals surface area contributed by atoms with Crippen molar-refractivity contribution in [1.29, 1.82) is 0 Å². The Morgan fingerprint density at radius 2 is 0.533 bits per heavy atom. The number of aliphatic hydroxyl groups excluding tert-OH is 32. The van der Waals surface area contributed by atoms with Gasteiger partial charge in [0.2, 0.25) is 35.4 Å². The molecular formula is C84H142N6O60. The van der Waals surface area contributed by atoms with Crippen LogP contribution in [-0.4, -0.2) is 640 Å². The Balaban J connectivity index is 1.06. The third kappa shape index (κ3) is 28.7. The number of rotatable bonds is 43. The Labute approximate surface area is 850 Å². The minimum Gasteiger partial charge on any atom is -0.394 e. The van der Waals surface area contributed by atoms with Crippen molar-refractivity contribution in [1.82, 2.24) is 31.9 Å². The molecule has 11 unspecified atom stereocenters. The fraction of sp³-hybridized carbons (Fsp3) is 0.929. The van der Waals surface area contributed by atoms with Gasteiger partial charge in [-0.3, -0.25) is 28.8 Å². The number of hydrogen-bond acceptors (Lipinski definition) is 60. The van der Waals surface area contributed by atoms with Crippen LogP contribution in [0.2, 0.25) is 0 Å². The summed E-state index contributed by atoms with van der Waals surface area (Å²) in [4.78, 5) is 79.1. The van der Waals surface area contributed by atoms with Crippen LogP contribution in [0.3, 0.4) is 0 Å². The smallest absolute Gasteiger partial charge is 0.217 e. The topological polar surface area (TPSA) is 1030 Å². The molecule has 0 aromatic heterocycles. The van der Waals surface area contributed by atoms with E-state index in [1.165, 1.54) is 6.92 Å². The summed E-state index contributed by atoms with van der Waals surface area (Å²) in [6, 6.07) is -12.3. The molecular weight excluding hydrogens is 2050 g/mol. The lowest BCUT2D eigenvalue weighted by atomic mass is 9.93. The number of carbonyl (C=O) groups excluding carboxylic acids is 6. The average Bonchev–Trinajstić information content (AvgIpc) is 0.743. The summed E-state index contributed by atoms with van der Waals surface area (Å²) < 4.78 is 135. The molecule has 0 bridgehead atoms. The quantitative estimate of drug-likeness (QED) is 0.0270. The van der Waals surface area contributed by atoms with Crippen LogP contribution in [0.25, 0.3) is 0 Å². The van der Waals surface area contributed by atoms with Gasteiger partial charge in [-0.15, -0.1) is 0 Å². The van der Waals surface area contributed by atoms with E-state index in [4.69, 9.17) is 104 Å². The molecule has 59 atom stereocenters. The number of hydrogen-bond donors (Lipinski definition) is 38. The first-order valence-corrected chi connectivity index (χ1v) is 47.9. The maximum Gasteiger partial charge on any atom is 0.217 e. The second-order valence-corrected chi connectivity index (χ2v) is 37.9. The highest BCUT2D eigenvalue weighted by atomic mass is 16.8. The first-order chi connectivity index (χ1) is 70.9. The van der Waals surface area contributed by atoms with E-state index in [1.807, 2.05) is 0 Å². The van der Waals surface area contributed by atoms with Crippen molar-refractivity contribution in [2.24, 2.45) is 0 Å².